The van der Waals surface area contributed by atoms with Crippen LogP contribution < -0.4 is 5.32 Å². The Morgan fingerprint density at radius 1 is 1.30 bits per heavy atom. The van der Waals surface area contributed by atoms with E-state index < -0.39 is 17.6 Å². The molecule has 1 aliphatic rings. The van der Waals surface area contributed by atoms with E-state index in [-0.39, 0.29) is 6.04 Å². The molecule has 0 saturated heterocycles. The highest BCUT2D eigenvalue weighted by molar-refractivity contribution is 5.28. The molecule has 112 valence electrons. The monoisotopic (exact) mass is 289 g/mol. The Hall–Kier alpha value is -1.10. The largest absolute Gasteiger partial charge is 0.419 e. The van der Waals surface area contributed by atoms with Crippen LogP contribution in [-0.2, 0) is 6.18 Å². The molecule has 0 spiro atoms. The number of rotatable bonds is 6. The molecule has 0 aromatic heterocycles. The lowest BCUT2D eigenvalue weighted by Crippen LogP contribution is -2.23. The fourth-order valence-electron chi connectivity index (χ4n) is 2.32. The maximum Gasteiger partial charge on any atom is 0.419 e. The van der Waals surface area contributed by atoms with E-state index in [0.717, 1.165) is 44.4 Å². The van der Waals surface area contributed by atoms with Gasteiger partial charge < -0.3 is 5.32 Å². The fourth-order valence-corrected chi connectivity index (χ4v) is 2.32. The van der Waals surface area contributed by atoms with Crippen molar-refractivity contribution < 1.29 is 17.6 Å². The molecule has 1 aromatic rings. The first-order valence-electron chi connectivity index (χ1n) is 7.01. The standard InChI is InChI=1S/C15H19F4N/c1-2-7-20-14(8-10-3-4-10)11-5-6-12(13(16)9-11)15(17,18)19/h5-6,9-10,14,20H,2-4,7-8H2,1H3. The van der Waals surface area contributed by atoms with Crippen LogP contribution in [0.5, 0.6) is 0 Å². The van der Waals surface area contributed by atoms with Crippen molar-refractivity contribution in [3.63, 3.8) is 0 Å². The summed E-state index contributed by atoms with van der Waals surface area (Å²) in [6, 6.07) is 3.21. The molecule has 1 saturated carbocycles. The summed E-state index contributed by atoms with van der Waals surface area (Å²) in [6.07, 6.45) is -0.513. The van der Waals surface area contributed by atoms with E-state index >= 15 is 0 Å². The second-order valence-electron chi connectivity index (χ2n) is 5.42. The minimum atomic E-state index is -4.63. The molecule has 1 unspecified atom stereocenters. The third kappa shape index (κ3) is 3.95. The second-order valence-corrected chi connectivity index (χ2v) is 5.42. The number of alkyl halides is 3. The van der Waals surface area contributed by atoms with Crippen molar-refractivity contribution >= 4 is 0 Å². The third-order valence-corrected chi connectivity index (χ3v) is 3.61. The van der Waals surface area contributed by atoms with Gasteiger partial charge in [0.1, 0.15) is 5.82 Å². The lowest BCUT2D eigenvalue weighted by molar-refractivity contribution is -0.140. The topological polar surface area (TPSA) is 12.0 Å². The summed E-state index contributed by atoms with van der Waals surface area (Å²) in [7, 11) is 0. The molecular formula is C15H19F4N. The first kappa shape index (κ1) is 15.3. The van der Waals surface area contributed by atoms with E-state index in [1.165, 1.54) is 6.07 Å². The van der Waals surface area contributed by atoms with Crippen molar-refractivity contribution in [2.75, 3.05) is 6.54 Å². The van der Waals surface area contributed by atoms with Crippen LogP contribution in [0.15, 0.2) is 18.2 Å². The molecular weight excluding hydrogens is 270 g/mol. The summed E-state index contributed by atoms with van der Waals surface area (Å²) in [5.41, 5.74) is -0.585. The Morgan fingerprint density at radius 2 is 2.00 bits per heavy atom. The highest BCUT2D eigenvalue weighted by Gasteiger charge is 2.34. The predicted molar refractivity (Wildman–Crippen MR) is 69.8 cm³/mol. The number of nitrogens with one attached hydrogen (secondary N) is 1. The molecule has 0 heterocycles. The lowest BCUT2D eigenvalue weighted by atomic mass is 9.99. The lowest BCUT2D eigenvalue weighted by Gasteiger charge is -2.20. The van der Waals surface area contributed by atoms with Crippen molar-refractivity contribution in [3.8, 4) is 0 Å². The quantitative estimate of drug-likeness (QED) is 0.749. The molecule has 0 bridgehead atoms. The number of halogens is 4. The summed E-state index contributed by atoms with van der Waals surface area (Å²) >= 11 is 0. The molecule has 1 N–H and O–H groups in total. The summed E-state index contributed by atoms with van der Waals surface area (Å²) in [5, 5.41) is 3.29. The zero-order valence-corrected chi connectivity index (χ0v) is 11.4. The van der Waals surface area contributed by atoms with E-state index in [1.54, 1.807) is 0 Å². The van der Waals surface area contributed by atoms with E-state index in [2.05, 4.69) is 5.32 Å². The average molecular weight is 289 g/mol. The van der Waals surface area contributed by atoms with Gasteiger partial charge in [0.25, 0.3) is 0 Å². The highest BCUT2D eigenvalue weighted by atomic mass is 19.4. The predicted octanol–water partition coefficient (Wildman–Crippen LogP) is 4.69. The number of benzene rings is 1. The van der Waals surface area contributed by atoms with E-state index in [0.29, 0.717) is 11.5 Å². The van der Waals surface area contributed by atoms with Crippen LogP contribution in [0.1, 0.15) is 49.8 Å². The van der Waals surface area contributed by atoms with Gasteiger partial charge in [-0.15, -0.1) is 0 Å². The Kier molecular flexibility index (Phi) is 4.68. The zero-order chi connectivity index (χ0) is 14.8. The zero-order valence-electron chi connectivity index (χ0n) is 11.4. The van der Waals surface area contributed by atoms with Gasteiger partial charge in [0.2, 0.25) is 0 Å². The van der Waals surface area contributed by atoms with Crippen LogP contribution in [0, 0.1) is 11.7 Å². The van der Waals surface area contributed by atoms with Crippen molar-refractivity contribution in [1.82, 2.24) is 5.32 Å². The molecule has 20 heavy (non-hydrogen) atoms. The molecule has 1 aromatic carbocycles. The van der Waals surface area contributed by atoms with Gasteiger partial charge in [-0.1, -0.05) is 25.8 Å². The van der Waals surface area contributed by atoms with Gasteiger partial charge in [-0.25, -0.2) is 4.39 Å². The average Bonchev–Trinajstić information content (AvgIpc) is 3.16. The van der Waals surface area contributed by atoms with Gasteiger partial charge in [-0.3, -0.25) is 0 Å². The van der Waals surface area contributed by atoms with Crippen LogP contribution in [0.4, 0.5) is 17.6 Å². The van der Waals surface area contributed by atoms with Gasteiger partial charge in [0.05, 0.1) is 5.56 Å². The molecule has 5 heteroatoms. The van der Waals surface area contributed by atoms with Crippen LogP contribution >= 0.6 is 0 Å². The van der Waals surface area contributed by atoms with E-state index in [1.807, 2.05) is 6.92 Å². The summed E-state index contributed by atoms with van der Waals surface area (Å²) in [4.78, 5) is 0. The van der Waals surface area contributed by atoms with E-state index in [4.69, 9.17) is 0 Å². The van der Waals surface area contributed by atoms with Crippen LogP contribution in [0.2, 0.25) is 0 Å². The maximum absolute atomic E-state index is 13.6. The van der Waals surface area contributed by atoms with E-state index in [9.17, 15) is 17.6 Å². The van der Waals surface area contributed by atoms with Gasteiger partial charge in [-0.2, -0.15) is 13.2 Å². The molecule has 0 aliphatic heterocycles. The van der Waals surface area contributed by atoms with Gasteiger partial charge in [0, 0.05) is 6.04 Å². The fraction of sp³-hybridized carbons (Fsp3) is 0.600. The minimum absolute atomic E-state index is 0.0563. The first-order valence-corrected chi connectivity index (χ1v) is 7.01. The molecule has 1 aliphatic carbocycles. The Bertz CT molecular complexity index is 452. The number of hydrogen-bond acceptors (Lipinski definition) is 1. The van der Waals surface area contributed by atoms with Crippen molar-refractivity contribution in [1.29, 1.82) is 0 Å². The molecule has 0 radical (unpaired) electrons. The first-order chi connectivity index (χ1) is 9.41. The normalized spacial score (nSPS) is 17.2. The van der Waals surface area contributed by atoms with Gasteiger partial charge >= 0.3 is 6.18 Å². The maximum atomic E-state index is 13.6. The summed E-state index contributed by atoms with van der Waals surface area (Å²) in [6.45, 7) is 2.80. The second kappa shape index (κ2) is 6.12. The molecule has 1 nitrogen and oxygen atoms in total. The Morgan fingerprint density at radius 3 is 2.50 bits per heavy atom. The van der Waals surface area contributed by atoms with Crippen molar-refractivity contribution in [2.45, 2.75) is 44.8 Å². The van der Waals surface area contributed by atoms with Crippen LogP contribution in [0.3, 0.4) is 0 Å². The van der Waals surface area contributed by atoms with Crippen molar-refractivity contribution in [2.24, 2.45) is 5.92 Å². The molecule has 0 amide bonds. The van der Waals surface area contributed by atoms with Crippen LogP contribution in [0.25, 0.3) is 0 Å². The Labute approximate surface area is 116 Å². The van der Waals surface area contributed by atoms with Gasteiger partial charge in [0.15, 0.2) is 0 Å². The Balaban J connectivity index is 2.17. The highest BCUT2D eigenvalue weighted by Crippen LogP contribution is 2.39. The minimum Gasteiger partial charge on any atom is -0.310 e. The van der Waals surface area contributed by atoms with Crippen LogP contribution in [-0.4, -0.2) is 6.54 Å². The molecule has 1 fully saturated rings. The van der Waals surface area contributed by atoms with Crippen molar-refractivity contribution in [3.05, 3.63) is 35.1 Å². The molecule has 2 rings (SSSR count). The SMILES string of the molecule is CCCNC(CC1CC1)c1ccc(C(F)(F)F)c(F)c1. The number of hydrogen-bond donors (Lipinski definition) is 1. The van der Waals surface area contributed by atoms with Gasteiger partial charge in [-0.05, 0) is 43.0 Å². The smallest absolute Gasteiger partial charge is 0.310 e. The molecule has 1 atom stereocenters. The third-order valence-electron chi connectivity index (χ3n) is 3.61. The summed E-state index contributed by atoms with van der Waals surface area (Å²) < 4.78 is 51.3. The summed E-state index contributed by atoms with van der Waals surface area (Å²) in [5.74, 6) is -0.566.